The van der Waals surface area contributed by atoms with Crippen molar-refractivity contribution in [1.82, 2.24) is 14.1 Å². The topological polar surface area (TPSA) is 72.3 Å². The van der Waals surface area contributed by atoms with Gasteiger partial charge in [0, 0.05) is 19.5 Å². The summed E-state index contributed by atoms with van der Waals surface area (Å²) in [6.07, 6.45) is 7.25. The van der Waals surface area contributed by atoms with Crippen LogP contribution in [0, 0.1) is 12.3 Å². The average molecular weight is 472 g/mol. The van der Waals surface area contributed by atoms with E-state index in [2.05, 4.69) is 20.8 Å². The molecule has 6 nitrogen and oxygen atoms in total. The van der Waals surface area contributed by atoms with Crippen molar-refractivity contribution in [3.05, 3.63) is 46.8 Å². The third-order valence-electron chi connectivity index (χ3n) is 7.02. The predicted octanol–water partition coefficient (Wildman–Crippen LogP) is 5.45. The number of hydrogen-bond acceptors (Lipinski definition) is 4. The second-order valence-corrected chi connectivity index (χ2v) is 12.4. The fourth-order valence-electron chi connectivity index (χ4n) is 5.29. The van der Waals surface area contributed by atoms with Crippen LogP contribution in [0.2, 0.25) is 0 Å². The SMILES string of the molecule is CCCCCCn1nc([C@H]2CCCN2S(=O)(=O)c2ccc(C)cc2)c2c1CC(C)(C)CC2=O. The summed E-state index contributed by atoms with van der Waals surface area (Å²) in [5.41, 5.74) is 3.29. The molecule has 0 bridgehead atoms. The monoisotopic (exact) mass is 471 g/mol. The molecule has 1 aliphatic carbocycles. The molecule has 0 unspecified atom stereocenters. The van der Waals surface area contributed by atoms with E-state index in [9.17, 15) is 13.2 Å². The smallest absolute Gasteiger partial charge is 0.243 e. The van der Waals surface area contributed by atoms with Crippen molar-refractivity contribution in [1.29, 1.82) is 0 Å². The highest BCUT2D eigenvalue weighted by molar-refractivity contribution is 7.89. The Balaban J connectivity index is 1.72. The first-order chi connectivity index (χ1) is 15.6. The summed E-state index contributed by atoms with van der Waals surface area (Å²) in [6.45, 7) is 9.64. The summed E-state index contributed by atoms with van der Waals surface area (Å²) in [5, 5.41) is 4.95. The molecule has 0 amide bonds. The van der Waals surface area contributed by atoms with Gasteiger partial charge in [-0.25, -0.2) is 8.42 Å². The molecule has 1 fully saturated rings. The van der Waals surface area contributed by atoms with Gasteiger partial charge in [0.2, 0.25) is 10.0 Å². The van der Waals surface area contributed by atoms with Crippen molar-refractivity contribution in [3.8, 4) is 0 Å². The highest BCUT2D eigenvalue weighted by atomic mass is 32.2. The summed E-state index contributed by atoms with van der Waals surface area (Å²) >= 11 is 0. The largest absolute Gasteiger partial charge is 0.294 e. The third kappa shape index (κ3) is 4.80. The van der Waals surface area contributed by atoms with Crippen LogP contribution in [0.5, 0.6) is 0 Å². The summed E-state index contributed by atoms with van der Waals surface area (Å²) < 4.78 is 30.7. The van der Waals surface area contributed by atoms with Crippen LogP contribution in [-0.2, 0) is 23.0 Å². The Labute approximate surface area is 198 Å². The van der Waals surface area contributed by atoms with Gasteiger partial charge in [0.1, 0.15) is 0 Å². The minimum absolute atomic E-state index is 0.105. The summed E-state index contributed by atoms with van der Waals surface area (Å²) in [7, 11) is -3.66. The number of aromatic nitrogens is 2. The Morgan fingerprint density at radius 3 is 2.52 bits per heavy atom. The Morgan fingerprint density at radius 1 is 1.09 bits per heavy atom. The van der Waals surface area contributed by atoms with E-state index in [0.717, 1.165) is 43.5 Å². The molecular weight excluding hydrogens is 434 g/mol. The molecule has 1 aliphatic heterocycles. The minimum Gasteiger partial charge on any atom is -0.294 e. The average Bonchev–Trinajstić information content (AvgIpc) is 3.36. The summed E-state index contributed by atoms with van der Waals surface area (Å²) in [4.78, 5) is 13.6. The van der Waals surface area contributed by atoms with Crippen LogP contribution in [0.4, 0.5) is 0 Å². The van der Waals surface area contributed by atoms with Crippen LogP contribution in [0.25, 0.3) is 0 Å². The lowest BCUT2D eigenvalue weighted by atomic mass is 9.75. The zero-order valence-corrected chi connectivity index (χ0v) is 21.2. The van der Waals surface area contributed by atoms with Gasteiger partial charge in [0.05, 0.1) is 27.9 Å². The van der Waals surface area contributed by atoms with Crippen molar-refractivity contribution in [3.63, 3.8) is 0 Å². The fourth-order valence-corrected chi connectivity index (χ4v) is 6.95. The van der Waals surface area contributed by atoms with Crippen molar-refractivity contribution in [2.45, 2.75) is 96.5 Å². The Hall–Kier alpha value is -1.99. The molecule has 33 heavy (non-hydrogen) atoms. The molecule has 180 valence electrons. The van der Waals surface area contributed by atoms with Gasteiger partial charge in [-0.05, 0) is 50.2 Å². The number of Topliss-reactive ketones (excluding diaryl/α,β-unsaturated/α-hetero) is 1. The molecule has 1 aromatic carbocycles. The van der Waals surface area contributed by atoms with Crippen LogP contribution >= 0.6 is 0 Å². The maximum absolute atomic E-state index is 13.5. The van der Waals surface area contributed by atoms with Gasteiger partial charge in [0.15, 0.2) is 5.78 Å². The second-order valence-electron chi connectivity index (χ2n) is 10.5. The molecule has 1 saturated heterocycles. The van der Waals surface area contributed by atoms with Gasteiger partial charge in [0.25, 0.3) is 0 Å². The van der Waals surface area contributed by atoms with E-state index in [0.29, 0.717) is 35.5 Å². The van der Waals surface area contributed by atoms with Gasteiger partial charge in [-0.15, -0.1) is 0 Å². The lowest BCUT2D eigenvalue weighted by molar-refractivity contribution is 0.0907. The van der Waals surface area contributed by atoms with Crippen LogP contribution in [0.1, 0.15) is 99.1 Å². The molecule has 0 saturated carbocycles. The minimum atomic E-state index is -3.66. The van der Waals surface area contributed by atoms with Crippen molar-refractivity contribution < 1.29 is 13.2 Å². The van der Waals surface area contributed by atoms with Gasteiger partial charge < -0.3 is 0 Å². The number of carbonyl (C=O) groups is 1. The first kappa shape index (κ1) is 24.1. The van der Waals surface area contributed by atoms with Gasteiger partial charge in [-0.3, -0.25) is 9.48 Å². The Morgan fingerprint density at radius 2 is 1.82 bits per heavy atom. The first-order valence-corrected chi connectivity index (χ1v) is 13.8. The molecule has 0 N–H and O–H groups in total. The first-order valence-electron chi connectivity index (χ1n) is 12.4. The number of ketones is 1. The number of hydrogen-bond donors (Lipinski definition) is 0. The summed E-state index contributed by atoms with van der Waals surface area (Å²) in [6, 6.07) is 6.63. The molecule has 1 aromatic heterocycles. The molecule has 2 heterocycles. The Kier molecular flexibility index (Phi) is 6.83. The van der Waals surface area contributed by atoms with E-state index >= 15 is 0 Å². The number of carbonyl (C=O) groups excluding carboxylic acids is 1. The number of unbranched alkanes of at least 4 members (excludes halogenated alkanes) is 3. The lowest BCUT2D eigenvalue weighted by Gasteiger charge is -2.30. The number of rotatable bonds is 8. The molecule has 1 atom stereocenters. The maximum atomic E-state index is 13.5. The normalized spacial score (nSPS) is 20.8. The molecule has 4 rings (SSSR count). The molecular formula is C26H37N3O3S. The Bertz CT molecular complexity index is 1120. The quantitative estimate of drug-likeness (QED) is 0.480. The highest BCUT2D eigenvalue weighted by Gasteiger charge is 2.43. The number of aryl methyl sites for hydroxylation is 2. The van der Waals surface area contributed by atoms with Crippen molar-refractivity contribution in [2.24, 2.45) is 5.41 Å². The molecule has 7 heteroatoms. The number of benzene rings is 1. The van der Waals surface area contributed by atoms with E-state index in [-0.39, 0.29) is 17.2 Å². The van der Waals surface area contributed by atoms with Gasteiger partial charge in [-0.1, -0.05) is 57.7 Å². The fraction of sp³-hybridized carbons (Fsp3) is 0.615. The molecule has 0 radical (unpaired) electrons. The zero-order valence-electron chi connectivity index (χ0n) is 20.4. The number of nitrogens with zero attached hydrogens (tertiary/aromatic N) is 3. The highest BCUT2D eigenvalue weighted by Crippen LogP contribution is 2.43. The molecule has 0 spiro atoms. The van der Waals surface area contributed by atoms with Gasteiger partial charge >= 0.3 is 0 Å². The van der Waals surface area contributed by atoms with E-state index in [1.54, 1.807) is 16.4 Å². The standard InChI is InChI=1S/C26H37N3O3S/c1-5-6-7-8-15-28-22-17-26(3,4)18-23(30)24(22)25(27-28)21-10-9-16-29(21)33(31,32)20-13-11-19(2)12-14-20/h11-14,21H,5-10,15-18H2,1-4H3/t21-/m1/s1. The second kappa shape index (κ2) is 9.34. The van der Waals surface area contributed by atoms with Crippen LogP contribution in [-0.4, -0.2) is 34.8 Å². The number of fused-ring (bicyclic) bond motifs is 1. The van der Waals surface area contributed by atoms with Gasteiger partial charge in [-0.2, -0.15) is 9.40 Å². The van der Waals surface area contributed by atoms with Crippen molar-refractivity contribution >= 4 is 15.8 Å². The van der Waals surface area contributed by atoms with E-state index in [1.807, 2.05) is 23.7 Å². The molecule has 2 aromatic rings. The van der Waals surface area contributed by atoms with Crippen LogP contribution in [0.3, 0.4) is 0 Å². The van der Waals surface area contributed by atoms with Crippen molar-refractivity contribution in [2.75, 3.05) is 6.54 Å². The third-order valence-corrected chi connectivity index (χ3v) is 8.94. The zero-order chi connectivity index (χ0) is 23.8. The maximum Gasteiger partial charge on any atom is 0.243 e. The lowest BCUT2D eigenvalue weighted by Crippen LogP contribution is -2.33. The van der Waals surface area contributed by atoms with E-state index < -0.39 is 10.0 Å². The van der Waals surface area contributed by atoms with E-state index in [4.69, 9.17) is 5.10 Å². The predicted molar refractivity (Wildman–Crippen MR) is 130 cm³/mol. The summed E-state index contributed by atoms with van der Waals surface area (Å²) in [5.74, 6) is 0.107. The van der Waals surface area contributed by atoms with Crippen LogP contribution < -0.4 is 0 Å². The van der Waals surface area contributed by atoms with Crippen LogP contribution in [0.15, 0.2) is 29.2 Å². The molecule has 2 aliphatic rings. The number of sulfonamides is 1. The van der Waals surface area contributed by atoms with E-state index in [1.165, 1.54) is 12.8 Å².